The van der Waals surface area contributed by atoms with E-state index in [9.17, 15) is 0 Å². The van der Waals surface area contributed by atoms with Gasteiger partial charge in [-0.2, -0.15) is 0 Å². The summed E-state index contributed by atoms with van der Waals surface area (Å²) in [6.07, 6.45) is -0.982. The van der Waals surface area contributed by atoms with Crippen molar-refractivity contribution in [2.75, 3.05) is 0 Å². The van der Waals surface area contributed by atoms with Gasteiger partial charge in [0.1, 0.15) is 0 Å². The van der Waals surface area contributed by atoms with Crippen molar-refractivity contribution in [3.05, 3.63) is 0 Å². The molecule has 0 aliphatic rings. The van der Waals surface area contributed by atoms with E-state index in [1.165, 1.54) is 0 Å². The Kier molecular flexibility index (Phi) is 3.30. The van der Waals surface area contributed by atoms with Crippen molar-refractivity contribution in [2.24, 2.45) is 0 Å². The van der Waals surface area contributed by atoms with Crippen molar-refractivity contribution in [2.45, 2.75) is 51.7 Å². The van der Waals surface area contributed by atoms with Crippen LogP contribution in [0.2, 0.25) is 17.1 Å². The zero-order valence-electron chi connectivity index (χ0n) is 8.58. The van der Waals surface area contributed by atoms with Crippen LogP contribution in [0.25, 0.3) is 0 Å². The summed E-state index contributed by atoms with van der Waals surface area (Å²) in [5, 5.41) is 0.557. The molecule has 0 N–H and O–H groups in total. The van der Waals surface area contributed by atoms with Crippen LogP contribution in [0, 0.1) is 0 Å². The molecule has 0 spiro atoms. The molecule has 0 aliphatic heterocycles. The molecular formula is C8H19LiSi. The van der Waals surface area contributed by atoms with E-state index in [0.717, 1.165) is 5.54 Å². The van der Waals surface area contributed by atoms with E-state index >= 15 is 0 Å². The third kappa shape index (κ3) is 2.15. The molecule has 0 amide bonds. The second kappa shape index (κ2) is 3.05. The Morgan fingerprint density at radius 1 is 1.20 bits per heavy atom. The monoisotopic (exact) mass is 150 g/mol. The average Bonchev–Trinajstić information content (AvgIpc) is 1.62. The first-order valence-electron chi connectivity index (χ1n) is 4.19. The Balaban J connectivity index is 4.40. The minimum atomic E-state index is -0.982. The topological polar surface area (TPSA) is 0 Å². The van der Waals surface area contributed by atoms with Crippen LogP contribution in [0.15, 0.2) is 0 Å². The van der Waals surface area contributed by atoms with Crippen molar-refractivity contribution >= 4 is 23.4 Å². The Labute approximate surface area is 75.3 Å². The fraction of sp³-hybridized carbons (Fsp3) is 1.00. The molecule has 0 rings (SSSR count). The normalized spacial score (nSPS) is 19.3. The van der Waals surface area contributed by atoms with E-state index in [4.69, 9.17) is 0 Å². The first-order chi connectivity index (χ1) is 4.19. The van der Waals surface area contributed by atoms with E-state index < -0.39 is 6.40 Å². The number of hydrogen-bond donors (Lipinski definition) is 0. The van der Waals surface area contributed by atoms with E-state index in [-0.39, 0.29) is 0 Å². The molecule has 10 heavy (non-hydrogen) atoms. The molecular weight excluding hydrogens is 131 g/mol. The summed E-state index contributed by atoms with van der Waals surface area (Å²) < 4.78 is 0. The molecule has 0 saturated carbocycles. The fourth-order valence-electron chi connectivity index (χ4n) is 0.866. The van der Waals surface area contributed by atoms with Gasteiger partial charge in [0.05, 0.1) is 0 Å². The summed E-state index contributed by atoms with van der Waals surface area (Å²) in [6.45, 7) is 14.3. The molecule has 0 saturated heterocycles. The van der Waals surface area contributed by atoms with Crippen LogP contribution in [0.5, 0.6) is 0 Å². The predicted octanol–water partition coefficient (Wildman–Crippen LogP) is 2.94. The van der Waals surface area contributed by atoms with Gasteiger partial charge in [-0.25, -0.2) is 0 Å². The Morgan fingerprint density at radius 2 is 1.50 bits per heavy atom. The van der Waals surface area contributed by atoms with Crippen LogP contribution in [0.4, 0.5) is 0 Å². The van der Waals surface area contributed by atoms with Crippen molar-refractivity contribution in [1.82, 2.24) is 0 Å². The zero-order chi connectivity index (χ0) is 8.58. The second-order valence-electron chi connectivity index (χ2n) is 5.13. The van der Waals surface area contributed by atoms with Gasteiger partial charge in [0.25, 0.3) is 0 Å². The molecule has 1 unspecified atom stereocenters. The van der Waals surface area contributed by atoms with Crippen LogP contribution in [0.3, 0.4) is 0 Å². The van der Waals surface area contributed by atoms with Crippen LogP contribution < -0.4 is 0 Å². The standard InChI is InChI=1S/C8H19Si.Li/c1-7(2)9(6)8(3,4)5;/h7H,1-6H3;. The third-order valence-electron chi connectivity index (χ3n) is 3.38. The maximum absolute atomic E-state index is 2.48. The van der Waals surface area contributed by atoms with Crippen molar-refractivity contribution in [3.63, 3.8) is 0 Å². The molecule has 0 heterocycles. The van der Waals surface area contributed by atoms with Crippen LogP contribution in [-0.4, -0.2) is 23.4 Å². The van der Waals surface area contributed by atoms with E-state index in [1.807, 2.05) is 0 Å². The summed E-state index contributed by atoms with van der Waals surface area (Å²) in [7, 11) is 0. The van der Waals surface area contributed by atoms with Crippen molar-refractivity contribution in [1.29, 1.82) is 0 Å². The molecule has 0 aromatic heterocycles. The molecule has 56 valence electrons. The van der Waals surface area contributed by atoms with Gasteiger partial charge in [-0.3, -0.25) is 0 Å². The van der Waals surface area contributed by atoms with Gasteiger partial charge in [-0.15, -0.1) is 0 Å². The minimum absolute atomic E-state index is 0.557. The SMILES string of the molecule is [Li][Si](C)(C(C)C)C(C)(C)C. The number of rotatable bonds is 1. The third-order valence-corrected chi connectivity index (χ3v) is 10.1. The molecule has 0 fully saturated rings. The first kappa shape index (κ1) is 10.8. The Hall–Kier alpha value is 0.814. The summed E-state index contributed by atoms with van der Waals surface area (Å²) in [4.78, 5) is 0. The molecule has 2 heteroatoms. The maximum atomic E-state index is 2.48. The fourth-order valence-corrected chi connectivity index (χ4v) is 2.60. The van der Waals surface area contributed by atoms with Gasteiger partial charge >= 0.3 is 75.2 Å². The van der Waals surface area contributed by atoms with Crippen LogP contribution >= 0.6 is 0 Å². The molecule has 0 bridgehead atoms. The molecule has 0 aromatic rings. The molecule has 0 aliphatic carbocycles. The average molecular weight is 150 g/mol. The van der Waals surface area contributed by atoms with Gasteiger partial charge in [0.2, 0.25) is 0 Å². The summed E-state index contributed by atoms with van der Waals surface area (Å²) in [5.41, 5.74) is 0.896. The number of hydrogen-bond acceptors (Lipinski definition) is 0. The van der Waals surface area contributed by atoms with Gasteiger partial charge in [0.15, 0.2) is 0 Å². The van der Waals surface area contributed by atoms with Crippen molar-refractivity contribution in [3.8, 4) is 0 Å². The van der Waals surface area contributed by atoms with Gasteiger partial charge in [0, 0.05) is 0 Å². The van der Waals surface area contributed by atoms with Gasteiger partial charge in [-0.1, -0.05) is 0 Å². The summed E-state index contributed by atoms with van der Waals surface area (Å²) in [5.74, 6) is 0. The predicted molar refractivity (Wildman–Crippen MR) is 52.2 cm³/mol. The van der Waals surface area contributed by atoms with Crippen molar-refractivity contribution < 1.29 is 0 Å². The quantitative estimate of drug-likeness (QED) is 0.504. The van der Waals surface area contributed by atoms with Crippen LogP contribution in [0.1, 0.15) is 34.6 Å². The van der Waals surface area contributed by atoms with E-state index in [2.05, 4.69) is 58.2 Å². The molecule has 0 aromatic carbocycles. The second-order valence-corrected chi connectivity index (χ2v) is 11.2. The van der Waals surface area contributed by atoms with Gasteiger partial charge < -0.3 is 0 Å². The Morgan fingerprint density at radius 3 is 1.50 bits per heavy atom. The van der Waals surface area contributed by atoms with E-state index in [1.54, 1.807) is 0 Å². The van der Waals surface area contributed by atoms with Crippen LogP contribution in [-0.2, 0) is 0 Å². The van der Waals surface area contributed by atoms with E-state index in [0.29, 0.717) is 5.04 Å². The molecule has 0 radical (unpaired) electrons. The first-order valence-corrected chi connectivity index (χ1v) is 7.27. The summed E-state index contributed by atoms with van der Waals surface area (Å²) in [6, 6.07) is 0. The molecule has 1 atom stereocenters. The zero-order valence-corrected chi connectivity index (χ0v) is 9.58. The summed E-state index contributed by atoms with van der Waals surface area (Å²) >= 11 is 2.48. The molecule has 0 nitrogen and oxygen atoms in total. The Bertz CT molecular complexity index is 111. The van der Waals surface area contributed by atoms with Gasteiger partial charge in [-0.05, 0) is 0 Å².